The first-order valence-corrected chi connectivity index (χ1v) is 6.41. The molecular formula is C13H9BrF4N2. The third-order valence-electron chi connectivity index (χ3n) is 2.71. The van der Waals surface area contributed by atoms with Crippen LogP contribution in [0, 0.1) is 23.5 Å². The summed E-state index contributed by atoms with van der Waals surface area (Å²) in [5.41, 5.74) is -0.182. The highest BCUT2D eigenvalue weighted by molar-refractivity contribution is 9.10. The van der Waals surface area contributed by atoms with E-state index in [-0.39, 0.29) is 0 Å². The number of anilines is 1. The molecule has 1 atom stereocenters. The topological polar surface area (TPSA) is 24.9 Å². The van der Waals surface area contributed by atoms with Crippen molar-refractivity contribution in [2.24, 2.45) is 0 Å². The maximum absolute atomic E-state index is 13.5. The van der Waals surface area contributed by atoms with Gasteiger partial charge in [0, 0.05) is 10.5 Å². The largest absolute Gasteiger partial charge is 0.373 e. The van der Waals surface area contributed by atoms with Crippen LogP contribution in [0.15, 0.2) is 28.7 Å². The van der Waals surface area contributed by atoms with Crippen LogP contribution in [0.2, 0.25) is 0 Å². The summed E-state index contributed by atoms with van der Waals surface area (Å²) in [6, 6.07) is 6.40. The molecule has 0 aliphatic rings. The number of nitrogens with zero attached hydrogens (tertiary/aromatic N) is 1. The highest BCUT2D eigenvalue weighted by Gasteiger charge is 2.22. The fourth-order valence-corrected chi connectivity index (χ4v) is 2.11. The zero-order chi connectivity index (χ0) is 14.9. The van der Waals surface area contributed by atoms with Crippen LogP contribution < -0.4 is 5.32 Å². The molecule has 1 N–H and O–H groups in total. The van der Waals surface area contributed by atoms with Crippen LogP contribution in [0.5, 0.6) is 0 Å². The Hall–Kier alpha value is -1.63. The molecule has 20 heavy (non-hydrogen) atoms. The number of halogens is 5. The first kappa shape index (κ1) is 14.8. The molecule has 0 radical (unpaired) electrons. The first-order valence-electron chi connectivity index (χ1n) is 5.62. The Bertz CT molecular complexity index is 622. The van der Waals surface area contributed by atoms with Gasteiger partial charge in [0.1, 0.15) is 5.69 Å². The molecular weight excluding hydrogens is 340 g/mol. The minimum atomic E-state index is -1.69. The average molecular weight is 349 g/mol. The predicted molar refractivity (Wildman–Crippen MR) is 70.2 cm³/mol. The molecule has 0 amide bonds. The molecule has 106 valence electrons. The Morgan fingerprint density at radius 2 is 1.70 bits per heavy atom. The van der Waals surface area contributed by atoms with Crippen molar-refractivity contribution < 1.29 is 17.6 Å². The van der Waals surface area contributed by atoms with E-state index in [1.165, 1.54) is 0 Å². The number of aromatic nitrogens is 1. The minimum absolute atomic E-state index is 0.558. The van der Waals surface area contributed by atoms with E-state index < -0.39 is 35.3 Å². The standard InChI is InChI=1S/C13H9BrF4N2/c1-6(7-3-2-4-8(14)5-7)19-11-9(15)12(17)20-13(18)10(11)16/h2-6H,1H3,(H,19,20). The Morgan fingerprint density at radius 1 is 1.10 bits per heavy atom. The van der Waals surface area contributed by atoms with Crippen LogP contribution in [-0.4, -0.2) is 4.98 Å². The third-order valence-corrected chi connectivity index (χ3v) is 3.20. The van der Waals surface area contributed by atoms with Crippen molar-refractivity contribution in [1.82, 2.24) is 4.98 Å². The summed E-state index contributed by atoms with van der Waals surface area (Å²) in [5, 5.41) is 2.41. The monoisotopic (exact) mass is 348 g/mol. The molecule has 0 saturated carbocycles. The van der Waals surface area contributed by atoms with Crippen LogP contribution in [0.3, 0.4) is 0 Å². The summed E-state index contributed by atoms with van der Waals surface area (Å²) in [4.78, 5) is 2.50. The van der Waals surface area contributed by atoms with Gasteiger partial charge in [0.25, 0.3) is 11.9 Å². The molecule has 0 spiro atoms. The Balaban J connectivity index is 2.35. The molecule has 1 aromatic heterocycles. The summed E-state index contributed by atoms with van der Waals surface area (Å²) >= 11 is 3.26. The van der Waals surface area contributed by atoms with Crippen molar-refractivity contribution in [2.75, 3.05) is 5.32 Å². The minimum Gasteiger partial charge on any atom is -0.373 e. The van der Waals surface area contributed by atoms with Crippen molar-refractivity contribution in [2.45, 2.75) is 13.0 Å². The Labute approximate surface area is 121 Å². The number of hydrogen-bond donors (Lipinski definition) is 1. The van der Waals surface area contributed by atoms with Crippen molar-refractivity contribution in [3.05, 3.63) is 57.8 Å². The maximum Gasteiger partial charge on any atom is 0.253 e. The summed E-state index contributed by atoms with van der Waals surface area (Å²) in [5.74, 6) is -6.47. The van der Waals surface area contributed by atoms with Gasteiger partial charge in [-0.15, -0.1) is 0 Å². The van der Waals surface area contributed by atoms with Crippen LogP contribution in [0.1, 0.15) is 18.5 Å². The van der Waals surface area contributed by atoms with E-state index in [1.807, 2.05) is 0 Å². The van der Waals surface area contributed by atoms with Gasteiger partial charge in [0.15, 0.2) is 0 Å². The number of nitrogens with one attached hydrogen (secondary N) is 1. The number of rotatable bonds is 3. The number of pyridine rings is 1. The molecule has 7 heteroatoms. The second kappa shape index (κ2) is 5.78. The maximum atomic E-state index is 13.5. The molecule has 1 heterocycles. The molecule has 0 bridgehead atoms. The molecule has 2 rings (SSSR count). The van der Waals surface area contributed by atoms with E-state index in [1.54, 1.807) is 31.2 Å². The smallest absolute Gasteiger partial charge is 0.253 e. The summed E-state index contributed by atoms with van der Waals surface area (Å²) in [6.07, 6.45) is 0. The van der Waals surface area contributed by atoms with Gasteiger partial charge >= 0.3 is 0 Å². The SMILES string of the molecule is CC(Nc1c(F)c(F)nc(F)c1F)c1cccc(Br)c1. The third kappa shape index (κ3) is 2.92. The van der Waals surface area contributed by atoms with Crippen LogP contribution >= 0.6 is 15.9 Å². The van der Waals surface area contributed by atoms with Crippen molar-refractivity contribution >= 4 is 21.6 Å². The molecule has 0 fully saturated rings. The van der Waals surface area contributed by atoms with E-state index in [0.29, 0.717) is 5.56 Å². The fourth-order valence-electron chi connectivity index (χ4n) is 1.69. The van der Waals surface area contributed by atoms with Gasteiger partial charge in [-0.3, -0.25) is 0 Å². The van der Waals surface area contributed by atoms with Gasteiger partial charge < -0.3 is 5.32 Å². The molecule has 2 aromatic rings. The second-order valence-corrected chi connectivity index (χ2v) is 5.03. The van der Waals surface area contributed by atoms with Gasteiger partial charge in [-0.05, 0) is 24.6 Å². The highest BCUT2D eigenvalue weighted by atomic mass is 79.9. The van der Waals surface area contributed by atoms with Crippen molar-refractivity contribution in [3.8, 4) is 0 Å². The molecule has 1 unspecified atom stereocenters. The zero-order valence-corrected chi connectivity index (χ0v) is 11.8. The van der Waals surface area contributed by atoms with E-state index in [2.05, 4.69) is 26.2 Å². The normalized spacial score (nSPS) is 12.3. The molecule has 0 saturated heterocycles. The van der Waals surface area contributed by atoms with Gasteiger partial charge in [0.2, 0.25) is 11.6 Å². The Morgan fingerprint density at radius 3 is 2.25 bits per heavy atom. The van der Waals surface area contributed by atoms with Crippen LogP contribution in [0.4, 0.5) is 23.2 Å². The van der Waals surface area contributed by atoms with Crippen molar-refractivity contribution in [3.63, 3.8) is 0 Å². The van der Waals surface area contributed by atoms with Crippen molar-refractivity contribution in [1.29, 1.82) is 0 Å². The fraction of sp³-hybridized carbons (Fsp3) is 0.154. The quantitative estimate of drug-likeness (QED) is 0.649. The van der Waals surface area contributed by atoms with Gasteiger partial charge in [-0.1, -0.05) is 28.1 Å². The van der Waals surface area contributed by atoms with Crippen LogP contribution in [0.25, 0.3) is 0 Å². The lowest BCUT2D eigenvalue weighted by Gasteiger charge is -2.17. The predicted octanol–water partition coefficient (Wildman–Crippen LogP) is 4.57. The van der Waals surface area contributed by atoms with Gasteiger partial charge in [0.05, 0.1) is 0 Å². The number of benzene rings is 1. The molecule has 0 aliphatic heterocycles. The summed E-state index contributed by atoms with van der Waals surface area (Å²) in [7, 11) is 0. The van der Waals surface area contributed by atoms with E-state index >= 15 is 0 Å². The highest BCUT2D eigenvalue weighted by Crippen LogP contribution is 2.27. The van der Waals surface area contributed by atoms with E-state index in [0.717, 1.165) is 4.47 Å². The van der Waals surface area contributed by atoms with E-state index in [4.69, 9.17) is 0 Å². The zero-order valence-electron chi connectivity index (χ0n) is 10.2. The van der Waals surface area contributed by atoms with Gasteiger partial charge in [-0.2, -0.15) is 22.5 Å². The lowest BCUT2D eigenvalue weighted by atomic mass is 10.1. The summed E-state index contributed by atoms with van der Waals surface area (Å²) in [6.45, 7) is 1.61. The van der Waals surface area contributed by atoms with E-state index in [9.17, 15) is 17.6 Å². The molecule has 1 aromatic carbocycles. The van der Waals surface area contributed by atoms with Crippen LogP contribution in [-0.2, 0) is 0 Å². The lowest BCUT2D eigenvalue weighted by Crippen LogP contribution is -2.13. The average Bonchev–Trinajstić information content (AvgIpc) is 2.41. The first-order chi connectivity index (χ1) is 9.40. The van der Waals surface area contributed by atoms with Gasteiger partial charge in [-0.25, -0.2) is 0 Å². The Kier molecular flexibility index (Phi) is 4.27. The molecule has 0 aliphatic carbocycles. The lowest BCUT2D eigenvalue weighted by molar-refractivity contribution is 0.410. The molecule has 2 nitrogen and oxygen atoms in total. The summed E-state index contributed by atoms with van der Waals surface area (Å²) < 4.78 is 53.7. The number of hydrogen-bond acceptors (Lipinski definition) is 2. The second-order valence-electron chi connectivity index (χ2n) is 4.12.